The molecule has 0 spiro atoms. The Kier molecular flexibility index (Phi) is 9.06. The Bertz CT molecular complexity index is 528. The number of hydrogen-bond donors (Lipinski definition) is 2. The number of methoxy groups -OCH3 is 1. The van der Waals surface area contributed by atoms with Crippen molar-refractivity contribution in [3.63, 3.8) is 0 Å². The fraction of sp³-hybridized carbons (Fsp3) is 0.500. The van der Waals surface area contributed by atoms with E-state index in [1.165, 1.54) is 0 Å². The summed E-state index contributed by atoms with van der Waals surface area (Å²) in [6, 6.07) is 6.04. The minimum Gasteiger partial charge on any atom is -0.383 e. The number of benzene rings is 1. The monoisotopic (exact) mass is 358 g/mol. The smallest absolute Gasteiger partial charge is 0.253 e. The Morgan fingerprint density at radius 1 is 1.30 bits per heavy atom. The summed E-state index contributed by atoms with van der Waals surface area (Å²) in [6.07, 6.45) is 2.50. The van der Waals surface area contributed by atoms with Gasteiger partial charge in [-0.1, -0.05) is 23.7 Å². The van der Waals surface area contributed by atoms with Crippen molar-refractivity contribution in [1.29, 1.82) is 0 Å². The third-order valence-corrected chi connectivity index (χ3v) is 4.13. The molecule has 0 aliphatic heterocycles. The number of ether oxygens (including phenoxy) is 1. The van der Waals surface area contributed by atoms with E-state index in [4.69, 9.17) is 16.3 Å². The first kappa shape index (κ1) is 19.8. The van der Waals surface area contributed by atoms with Crippen molar-refractivity contribution in [1.82, 2.24) is 10.6 Å². The van der Waals surface area contributed by atoms with Gasteiger partial charge in [0.15, 0.2) is 0 Å². The van der Waals surface area contributed by atoms with E-state index in [2.05, 4.69) is 10.6 Å². The van der Waals surface area contributed by atoms with Crippen LogP contribution in [0.1, 0.15) is 23.7 Å². The fourth-order valence-corrected chi connectivity index (χ4v) is 2.71. The van der Waals surface area contributed by atoms with E-state index in [1.54, 1.807) is 43.1 Å². The molecule has 128 valence electrons. The molecule has 5 nitrogen and oxygen atoms in total. The van der Waals surface area contributed by atoms with E-state index < -0.39 is 6.04 Å². The van der Waals surface area contributed by atoms with E-state index in [0.29, 0.717) is 23.6 Å². The highest BCUT2D eigenvalue weighted by atomic mass is 35.5. The molecule has 1 aromatic rings. The number of halogens is 1. The highest BCUT2D eigenvalue weighted by molar-refractivity contribution is 7.98. The summed E-state index contributed by atoms with van der Waals surface area (Å²) >= 11 is 7.65. The molecule has 0 aromatic heterocycles. The van der Waals surface area contributed by atoms with Gasteiger partial charge >= 0.3 is 0 Å². The van der Waals surface area contributed by atoms with Crippen molar-refractivity contribution in [2.75, 3.05) is 25.7 Å². The average molecular weight is 359 g/mol. The van der Waals surface area contributed by atoms with Gasteiger partial charge in [-0.2, -0.15) is 11.8 Å². The van der Waals surface area contributed by atoms with Crippen molar-refractivity contribution < 1.29 is 14.3 Å². The number of rotatable bonds is 9. The minimum atomic E-state index is -0.606. The van der Waals surface area contributed by atoms with E-state index >= 15 is 0 Å². The van der Waals surface area contributed by atoms with Crippen LogP contribution in [0.3, 0.4) is 0 Å². The van der Waals surface area contributed by atoms with Crippen molar-refractivity contribution in [3.05, 3.63) is 34.9 Å². The van der Waals surface area contributed by atoms with Crippen LogP contribution in [0.2, 0.25) is 5.02 Å². The first-order valence-electron chi connectivity index (χ1n) is 7.33. The van der Waals surface area contributed by atoms with Gasteiger partial charge in [-0.3, -0.25) is 9.59 Å². The summed E-state index contributed by atoms with van der Waals surface area (Å²) in [5.41, 5.74) is 0.362. The summed E-state index contributed by atoms with van der Waals surface area (Å²) in [5, 5.41) is 5.97. The molecule has 2 atom stereocenters. The maximum Gasteiger partial charge on any atom is 0.253 e. The van der Waals surface area contributed by atoms with Crippen LogP contribution < -0.4 is 10.6 Å². The first-order valence-corrected chi connectivity index (χ1v) is 9.10. The van der Waals surface area contributed by atoms with Crippen molar-refractivity contribution in [3.8, 4) is 0 Å². The second-order valence-corrected chi connectivity index (χ2v) is 6.55. The van der Waals surface area contributed by atoms with Crippen LogP contribution in [-0.2, 0) is 9.53 Å². The molecule has 23 heavy (non-hydrogen) atoms. The minimum absolute atomic E-state index is 0.124. The maximum absolute atomic E-state index is 12.4. The van der Waals surface area contributed by atoms with Gasteiger partial charge in [-0.25, -0.2) is 0 Å². The second kappa shape index (κ2) is 10.5. The quantitative estimate of drug-likeness (QED) is 0.711. The summed E-state index contributed by atoms with van der Waals surface area (Å²) in [4.78, 5) is 24.7. The number of thioether (sulfide) groups is 1. The normalized spacial score (nSPS) is 13.2. The topological polar surface area (TPSA) is 67.4 Å². The number of nitrogens with one attached hydrogen (secondary N) is 2. The molecule has 0 saturated carbocycles. The molecule has 0 aliphatic carbocycles. The van der Waals surface area contributed by atoms with Crippen LogP contribution in [0.25, 0.3) is 0 Å². The van der Waals surface area contributed by atoms with Crippen LogP contribution in [0.5, 0.6) is 0 Å². The van der Waals surface area contributed by atoms with Crippen LogP contribution in [0.4, 0.5) is 0 Å². The molecule has 0 saturated heterocycles. The largest absolute Gasteiger partial charge is 0.383 e. The van der Waals surface area contributed by atoms with Gasteiger partial charge < -0.3 is 15.4 Å². The van der Waals surface area contributed by atoms with Gasteiger partial charge in [0.05, 0.1) is 17.2 Å². The van der Waals surface area contributed by atoms with Crippen LogP contribution in [-0.4, -0.2) is 49.6 Å². The van der Waals surface area contributed by atoms with Crippen LogP contribution in [0, 0.1) is 0 Å². The number of carbonyl (C=O) groups excluding carboxylic acids is 2. The Hall–Kier alpha value is -1.24. The fourth-order valence-electron chi connectivity index (χ4n) is 2.02. The van der Waals surface area contributed by atoms with Gasteiger partial charge in [0, 0.05) is 13.2 Å². The molecule has 1 rings (SSSR count). The molecule has 0 heterocycles. The number of amides is 2. The van der Waals surface area contributed by atoms with E-state index in [0.717, 1.165) is 5.75 Å². The molecule has 0 bridgehead atoms. The first-order chi connectivity index (χ1) is 11.0. The van der Waals surface area contributed by atoms with Gasteiger partial charge in [0.1, 0.15) is 6.04 Å². The molecule has 2 unspecified atom stereocenters. The SMILES string of the molecule is COCC(C)NC(=O)C(CCSC)NC(=O)c1ccccc1Cl. The summed E-state index contributed by atoms with van der Waals surface area (Å²) < 4.78 is 5.01. The maximum atomic E-state index is 12.4. The average Bonchev–Trinajstić information content (AvgIpc) is 2.51. The lowest BCUT2D eigenvalue weighted by atomic mass is 10.1. The lowest BCUT2D eigenvalue weighted by molar-refractivity contribution is -0.124. The highest BCUT2D eigenvalue weighted by Crippen LogP contribution is 2.15. The predicted molar refractivity (Wildman–Crippen MR) is 95.2 cm³/mol. The highest BCUT2D eigenvalue weighted by Gasteiger charge is 2.23. The number of carbonyl (C=O) groups is 2. The Balaban J connectivity index is 2.75. The van der Waals surface area contributed by atoms with Gasteiger partial charge in [-0.05, 0) is 37.5 Å². The summed E-state index contributed by atoms with van der Waals surface area (Å²) in [6.45, 7) is 2.27. The van der Waals surface area contributed by atoms with E-state index in [-0.39, 0.29) is 17.9 Å². The Morgan fingerprint density at radius 2 is 2.00 bits per heavy atom. The molecule has 0 aliphatic rings. The van der Waals surface area contributed by atoms with Crippen LogP contribution >= 0.6 is 23.4 Å². The van der Waals surface area contributed by atoms with Crippen molar-refractivity contribution >= 4 is 35.2 Å². The Labute approximate surface area is 146 Å². The third kappa shape index (κ3) is 6.81. The number of hydrogen-bond acceptors (Lipinski definition) is 4. The van der Waals surface area contributed by atoms with Crippen molar-refractivity contribution in [2.45, 2.75) is 25.4 Å². The third-order valence-electron chi connectivity index (χ3n) is 3.16. The zero-order valence-electron chi connectivity index (χ0n) is 13.6. The summed E-state index contributed by atoms with van der Waals surface area (Å²) in [5.74, 6) is 0.194. The van der Waals surface area contributed by atoms with Gasteiger partial charge in [0.2, 0.25) is 5.91 Å². The molecule has 2 amide bonds. The predicted octanol–water partition coefficient (Wildman–Crippen LogP) is 2.34. The van der Waals surface area contributed by atoms with Gasteiger partial charge in [0.25, 0.3) is 5.91 Å². The lowest BCUT2D eigenvalue weighted by Gasteiger charge is -2.21. The summed E-state index contributed by atoms with van der Waals surface area (Å²) in [7, 11) is 1.58. The molecule has 0 fully saturated rings. The molecule has 0 radical (unpaired) electrons. The van der Waals surface area contributed by atoms with Crippen LogP contribution in [0.15, 0.2) is 24.3 Å². The van der Waals surface area contributed by atoms with Crippen molar-refractivity contribution in [2.24, 2.45) is 0 Å². The lowest BCUT2D eigenvalue weighted by Crippen LogP contribution is -2.50. The van der Waals surface area contributed by atoms with Gasteiger partial charge in [-0.15, -0.1) is 0 Å². The Morgan fingerprint density at radius 3 is 2.61 bits per heavy atom. The van der Waals surface area contributed by atoms with E-state index in [1.807, 2.05) is 13.2 Å². The van der Waals surface area contributed by atoms with E-state index in [9.17, 15) is 9.59 Å². The standard InChI is InChI=1S/C16H23ClN2O3S/c1-11(10-22-2)18-16(21)14(8-9-23-3)19-15(20)12-6-4-5-7-13(12)17/h4-7,11,14H,8-10H2,1-3H3,(H,18,21)(H,19,20). The zero-order chi connectivity index (χ0) is 17.2. The zero-order valence-corrected chi connectivity index (χ0v) is 15.2. The molecule has 1 aromatic carbocycles. The molecular weight excluding hydrogens is 336 g/mol. The second-order valence-electron chi connectivity index (χ2n) is 5.15. The molecular formula is C16H23ClN2O3S. The molecule has 7 heteroatoms. The molecule has 2 N–H and O–H groups in total.